The van der Waals surface area contributed by atoms with E-state index in [1.54, 1.807) is 11.8 Å². The second-order valence-corrected chi connectivity index (χ2v) is 5.88. The average Bonchev–Trinajstić information content (AvgIpc) is 2.43. The van der Waals surface area contributed by atoms with Gasteiger partial charge in [-0.3, -0.25) is 4.79 Å². The van der Waals surface area contributed by atoms with Crippen molar-refractivity contribution < 1.29 is 4.79 Å². The minimum Gasteiger partial charge on any atom is -0.354 e. The van der Waals surface area contributed by atoms with Crippen LogP contribution in [-0.2, 0) is 0 Å². The first-order valence-corrected chi connectivity index (χ1v) is 7.28. The lowest BCUT2D eigenvalue weighted by Crippen LogP contribution is -2.03. The van der Waals surface area contributed by atoms with E-state index in [2.05, 4.69) is 5.32 Å². The Morgan fingerprint density at radius 2 is 1.84 bits per heavy atom. The predicted molar refractivity (Wildman–Crippen MR) is 79.9 cm³/mol. The van der Waals surface area contributed by atoms with Crippen LogP contribution in [0.1, 0.15) is 23.7 Å². The standard InChI is InChI=1S/C15H12ClNOS/c1-2-13(18)9-3-5-14-11(7-9)17-12-8-10(16)4-6-15(12)19-14/h3-8,17H,2H2,1H3. The molecule has 0 radical (unpaired) electrons. The smallest absolute Gasteiger partial charge is 0.162 e. The van der Waals surface area contributed by atoms with Gasteiger partial charge in [-0.1, -0.05) is 36.4 Å². The van der Waals surface area contributed by atoms with E-state index in [0.717, 1.165) is 26.7 Å². The summed E-state index contributed by atoms with van der Waals surface area (Å²) in [7, 11) is 0. The summed E-state index contributed by atoms with van der Waals surface area (Å²) in [4.78, 5) is 14.0. The van der Waals surface area contributed by atoms with Gasteiger partial charge >= 0.3 is 0 Å². The Morgan fingerprint density at radius 3 is 2.58 bits per heavy atom. The molecule has 0 fully saturated rings. The van der Waals surface area contributed by atoms with Crippen LogP contribution >= 0.6 is 23.4 Å². The van der Waals surface area contributed by atoms with E-state index in [-0.39, 0.29) is 5.78 Å². The van der Waals surface area contributed by atoms with Crippen molar-refractivity contribution in [1.29, 1.82) is 0 Å². The zero-order valence-electron chi connectivity index (χ0n) is 10.4. The van der Waals surface area contributed by atoms with Crippen molar-refractivity contribution in [2.45, 2.75) is 23.1 Å². The van der Waals surface area contributed by atoms with E-state index >= 15 is 0 Å². The molecular formula is C15H12ClNOS. The van der Waals surface area contributed by atoms with Crippen LogP contribution in [0.15, 0.2) is 46.2 Å². The van der Waals surface area contributed by atoms with Crippen LogP contribution in [0.4, 0.5) is 11.4 Å². The molecule has 1 aliphatic heterocycles. The number of hydrogen-bond acceptors (Lipinski definition) is 3. The molecule has 3 rings (SSSR count). The fourth-order valence-electron chi connectivity index (χ4n) is 2.05. The largest absolute Gasteiger partial charge is 0.354 e. The van der Waals surface area contributed by atoms with E-state index in [4.69, 9.17) is 11.6 Å². The average molecular weight is 290 g/mol. The Labute approximate surface area is 121 Å². The molecule has 1 heterocycles. The van der Waals surface area contributed by atoms with Crippen LogP contribution in [-0.4, -0.2) is 5.78 Å². The SMILES string of the molecule is CCC(=O)c1ccc2c(c1)Nc1cc(Cl)ccc1S2. The summed E-state index contributed by atoms with van der Waals surface area (Å²) in [5.41, 5.74) is 2.71. The molecule has 96 valence electrons. The monoisotopic (exact) mass is 289 g/mol. The first kappa shape index (κ1) is 12.6. The van der Waals surface area contributed by atoms with Crippen molar-refractivity contribution >= 4 is 40.5 Å². The number of halogens is 1. The maximum atomic E-state index is 11.7. The maximum absolute atomic E-state index is 11.7. The number of anilines is 2. The molecule has 4 heteroatoms. The number of rotatable bonds is 2. The van der Waals surface area contributed by atoms with E-state index in [1.165, 1.54) is 0 Å². The van der Waals surface area contributed by atoms with Crippen molar-refractivity contribution in [3.05, 3.63) is 47.0 Å². The van der Waals surface area contributed by atoms with Crippen LogP contribution in [0.5, 0.6) is 0 Å². The molecule has 0 saturated heterocycles. The van der Waals surface area contributed by atoms with Gasteiger partial charge in [-0.05, 0) is 30.3 Å². The molecule has 0 amide bonds. The number of Topliss-reactive ketones (excluding diaryl/α,β-unsaturated/α-hetero) is 1. The molecule has 0 aromatic heterocycles. The molecule has 0 atom stereocenters. The number of ketones is 1. The van der Waals surface area contributed by atoms with Crippen LogP contribution in [0.3, 0.4) is 0 Å². The molecule has 1 aliphatic rings. The lowest BCUT2D eigenvalue weighted by Gasteiger charge is -2.21. The second-order valence-electron chi connectivity index (χ2n) is 4.36. The molecule has 2 aromatic carbocycles. The Hall–Kier alpha value is -1.45. The summed E-state index contributed by atoms with van der Waals surface area (Å²) in [6.45, 7) is 1.87. The van der Waals surface area contributed by atoms with Gasteiger partial charge in [0.15, 0.2) is 5.78 Å². The molecule has 1 N–H and O–H groups in total. The molecule has 0 unspecified atom stereocenters. The van der Waals surface area contributed by atoms with Crippen LogP contribution in [0.2, 0.25) is 5.02 Å². The highest BCUT2D eigenvalue weighted by atomic mass is 35.5. The third-order valence-corrected chi connectivity index (χ3v) is 4.44. The molecular weight excluding hydrogens is 278 g/mol. The van der Waals surface area contributed by atoms with Crippen LogP contribution in [0, 0.1) is 0 Å². The van der Waals surface area contributed by atoms with Crippen molar-refractivity contribution in [1.82, 2.24) is 0 Å². The fraction of sp³-hybridized carbons (Fsp3) is 0.133. The Bertz CT molecular complexity index is 669. The van der Waals surface area contributed by atoms with Gasteiger partial charge in [0.05, 0.1) is 11.4 Å². The molecule has 0 bridgehead atoms. The Balaban J connectivity index is 2.01. The minimum atomic E-state index is 0.159. The van der Waals surface area contributed by atoms with Gasteiger partial charge in [0.25, 0.3) is 0 Å². The lowest BCUT2D eigenvalue weighted by atomic mass is 10.1. The number of nitrogens with one attached hydrogen (secondary N) is 1. The molecule has 19 heavy (non-hydrogen) atoms. The Morgan fingerprint density at radius 1 is 1.16 bits per heavy atom. The zero-order chi connectivity index (χ0) is 13.4. The van der Waals surface area contributed by atoms with E-state index < -0.39 is 0 Å². The fourth-order valence-corrected chi connectivity index (χ4v) is 3.17. The maximum Gasteiger partial charge on any atom is 0.162 e. The van der Waals surface area contributed by atoms with Gasteiger partial charge in [0.2, 0.25) is 0 Å². The van der Waals surface area contributed by atoms with Gasteiger partial charge in [0.1, 0.15) is 0 Å². The number of fused-ring (bicyclic) bond motifs is 2. The van der Waals surface area contributed by atoms with Crippen LogP contribution < -0.4 is 5.32 Å². The zero-order valence-corrected chi connectivity index (χ0v) is 11.9. The number of carbonyl (C=O) groups is 1. The van der Waals surface area contributed by atoms with E-state index in [1.807, 2.05) is 43.3 Å². The van der Waals surface area contributed by atoms with E-state index in [9.17, 15) is 4.79 Å². The van der Waals surface area contributed by atoms with Crippen molar-refractivity contribution in [2.75, 3.05) is 5.32 Å². The number of carbonyl (C=O) groups excluding carboxylic acids is 1. The number of hydrogen-bond donors (Lipinski definition) is 1. The highest BCUT2D eigenvalue weighted by Crippen LogP contribution is 2.45. The molecule has 0 saturated carbocycles. The van der Waals surface area contributed by atoms with Crippen LogP contribution in [0.25, 0.3) is 0 Å². The summed E-state index contributed by atoms with van der Waals surface area (Å²) in [6.07, 6.45) is 0.522. The van der Waals surface area contributed by atoms with E-state index in [0.29, 0.717) is 11.4 Å². The minimum absolute atomic E-state index is 0.159. The van der Waals surface area contributed by atoms with Gasteiger partial charge in [-0.25, -0.2) is 0 Å². The topological polar surface area (TPSA) is 29.1 Å². The summed E-state index contributed by atoms with van der Waals surface area (Å²) < 4.78 is 0. The Kier molecular flexibility index (Phi) is 3.25. The molecule has 2 nitrogen and oxygen atoms in total. The first-order chi connectivity index (χ1) is 9.17. The predicted octanol–water partition coefficient (Wildman–Crippen LogP) is 5.14. The van der Waals surface area contributed by atoms with Gasteiger partial charge in [0, 0.05) is 26.8 Å². The molecule has 0 spiro atoms. The third kappa shape index (κ3) is 2.36. The van der Waals surface area contributed by atoms with Crippen molar-refractivity contribution in [3.8, 4) is 0 Å². The summed E-state index contributed by atoms with van der Waals surface area (Å²) in [5, 5.41) is 4.05. The third-order valence-electron chi connectivity index (χ3n) is 3.05. The van der Waals surface area contributed by atoms with Crippen molar-refractivity contribution in [2.24, 2.45) is 0 Å². The van der Waals surface area contributed by atoms with Gasteiger partial charge in [-0.15, -0.1) is 0 Å². The summed E-state index contributed by atoms with van der Waals surface area (Å²) in [6, 6.07) is 11.6. The normalized spacial score (nSPS) is 12.3. The first-order valence-electron chi connectivity index (χ1n) is 6.09. The molecule has 0 aliphatic carbocycles. The van der Waals surface area contributed by atoms with Gasteiger partial charge in [-0.2, -0.15) is 0 Å². The highest BCUT2D eigenvalue weighted by Gasteiger charge is 2.17. The quantitative estimate of drug-likeness (QED) is 0.662. The highest BCUT2D eigenvalue weighted by molar-refractivity contribution is 7.99. The number of benzene rings is 2. The summed E-state index contributed by atoms with van der Waals surface area (Å²) in [5.74, 6) is 0.159. The molecule has 2 aromatic rings. The summed E-state index contributed by atoms with van der Waals surface area (Å²) >= 11 is 7.69. The second kappa shape index (κ2) is 4.91. The lowest BCUT2D eigenvalue weighted by molar-refractivity contribution is 0.0988. The van der Waals surface area contributed by atoms with Crippen molar-refractivity contribution in [3.63, 3.8) is 0 Å². The van der Waals surface area contributed by atoms with Gasteiger partial charge < -0.3 is 5.32 Å².